The van der Waals surface area contributed by atoms with E-state index >= 15 is 0 Å². The molecule has 0 aliphatic carbocycles. The Balaban J connectivity index is 1.92. The Hall–Kier alpha value is -1.29. The highest BCUT2D eigenvalue weighted by atomic mass is 16.3. The molecule has 118 valence electrons. The van der Waals surface area contributed by atoms with Crippen molar-refractivity contribution < 1.29 is 5.11 Å². The van der Waals surface area contributed by atoms with Crippen molar-refractivity contribution in [3.63, 3.8) is 0 Å². The first-order valence-corrected chi connectivity index (χ1v) is 8.29. The maximum Gasteiger partial charge on any atom is 0.128 e. The molecule has 0 bridgehead atoms. The zero-order valence-corrected chi connectivity index (χ0v) is 13.4. The fourth-order valence-corrected chi connectivity index (χ4v) is 2.87. The van der Waals surface area contributed by atoms with E-state index in [1.54, 1.807) is 0 Å². The molecule has 2 N–H and O–H groups in total. The topological polar surface area (TPSA) is 48.4 Å². The predicted octanol–water partition coefficient (Wildman–Crippen LogP) is 3.28. The van der Waals surface area contributed by atoms with Gasteiger partial charge in [0, 0.05) is 25.0 Å². The second-order valence-electron chi connectivity index (χ2n) is 6.17. The molecule has 1 aliphatic heterocycles. The van der Waals surface area contributed by atoms with E-state index in [0.717, 1.165) is 44.0 Å². The number of hydrogen-bond acceptors (Lipinski definition) is 4. The van der Waals surface area contributed by atoms with Gasteiger partial charge in [-0.1, -0.05) is 13.8 Å². The Bertz CT molecular complexity index is 400. The third-order valence-corrected chi connectivity index (χ3v) is 4.93. The van der Waals surface area contributed by atoms with Crippen LogP contribution in [0.2, 0.25) is 0 Å². The fraction of sp³-hybridized carbons (Fsp3) is 0.706. The summed E-state index contributed by atoms with van der Waals surface area (Å²) >= 11 is 0. The molecule has 2 heterocycles. The first-order valence-electron chi connectivity index (χ1n) is 8.29. The highest BCUT2D eigenvalue weighted by Gasteiger charge is 2.24. The lowest BCUT2D eigenvalue weighted by Gasteiger charge is -2.30. The number of rotatable bonds is 7. The van der Waals surface area contributed by atoms with E-state index in [1.807, 2.05) is 6.20 Å². The molecule has 0 spiro atoms. The van der Waals surface area contributed by atoms with Crippen LogP contribution < -0.4 is 10.2 Å². The van der Waals surface area contributed by atoms with Crippen LogP contribution in [0.1, 0.15) is 46.0 Å². The Morgan fingerprint density at radius 3 is 2.43 bits per heavy atom. The summed E-state index contributed by atoms with van der Waals surface area (Å²) in [5, 5.41) is 13.0. The average molecular weight is 291 g/mol. The summed E-state index contributed by atoms with van der Waals surface area (Å²) in [6.07, 6.45) is 7.75. The van der Waals surface area contributed by atoms with Gasteiger partial charge in [0.05, 0.1) is 18.5 Å². The summed E-state index contributed by atoms with van der Waals surface area (Å²) in [4.78, 5) is 6.95. The molecule has 0 unspecified atom stereocenters. The molecule has 1 aliphatic rings. The van der Waals surface area contributed by atoms with E-state index < -0.39 is 0 Å². The Kier molecular flexibility index (Phi) is 5.85. The van der Waals surface area contributed by atoms with Gasteiger partial charge in [0.1, 0.15) is 5.82 Å². The third kappa shape index (κ3) is 4.10. The second kappa shape index (κ2) is 7.64. The molecule has 0 radical (unpaired) electrons. The van der Waals surface area contributed by atoms with Crippen LogP contribution in [0, 0.1) is 5.41 Å². The number of aliphatic hydroxyl groups is 1. The molecule has 1 aromatic rings. The number of hydrogen-bond donors (Lipinski definition) is 2. The van der Waals surface area contributed by atoms with Crippen LogP contribution in [0.15, 0.2) is 18.3 Å². The standard InChI is InChI=1S/C17H29N3O/c1-3-17(4-2,14-21)13-19-15-8-9-16(18-12-15)20-10-6-5-7-11-20/h8-9,12,19,21H,3-7,10-11,13-14H2,1-2H3. The summed E-state index contributed by atoms with van der Waals surface area (Å²) in [5.74, 6) is 1.08. The van der Waals surface area contributed by atoms with Gasteiger partial charge in [-0.25, -0.2) is 4.98 Å². The SMILES string of the molecule is CCC(CC)(CO)CNc1ccc(N2CCCCC2)nc1. The molecule has 1 saturated heterocycles. The van der Waals surface area contributed by atoms with Crippen LogP contribution in [0.5, 0.6) is 0 Å². The van der Waals surface area contributed by atoms with Gasteiger partial charge in [-0.3, -0.25) is 0 Å². The Morgan fingerprint density at radius 1 is 1.19 bits per heavy atom. The van der Waals surface area contributed by atoms with E-state index in [-0.39, 0.29) is 12.0 Å². The van der Waals surface area contributed by atoms with Crippen molar-refractivity contribution in [2.24, 2.45) is 5.41 Å². The second-order valence-corrected chi connectivity index (χ2v) is 6.17. The molecular weight excluding hydrogens is 262 g/mol. The largest absolute Gasteiger partial charge is 0.396 e. The molecule has 4 heteroatoms. The molecule has 1 aromatic heterocycles. The summed E-state index contributed by atoms with van der Waals surface area (Å²) in [6, 6.07) is 4.20. The molecule has 0 amide bonds. The summed E-state index contributed by atoms with van der Waals surface area (Å²) in [6.45, 7) is 7.55. The van der Waals surface area contributed by atoms with Gasteiger partial charge >= 0.3 is 0 Å². The van der Waals surface area contributed by atoms with Crippen LogP contribution in [0.25, 0.3) is 0 Å². The molecule has 0 atom stereocenters. The minimum absolute atomic E-state index is 0.0223. The van der Waals surface area contributed by atoms with Crippen molar-refractivity contribution in [2.45, 2.75) is 46.0 Å². The van der Waals surface area contributed by atoms with Crippen molar-refractivity contribution in [2.75, 3.05) is 36.5 Å². The maximum atomic E-state index is 9.61. The number of aliphatic hydroxyl groups excluding tert-OH is 1. The zero-order valence-electron chi connectivity index (χ0n) is 13.4. The van der Waals surface area contributed by atoms with Crippen molar-refractivity contribution in [1.29, 1.82) is 0 Å². The van der Waals surface area contributed by atoms with Crippen LogP contribution in [0.4, 0.5) is 11.5 Å². The van der Waals surface area contributed by atoms with Crippen molar-refractivity contribution in [1.82, 2.24) is 4.98 Å². The van der Waals surface area contributed by atoms with Gasteiger partial charge in [-0.05, 0) is 44.2 Å². The first kappa shape index (κ1) is 16.1. The number of pyridine rings is 1. The maximum absolute atomic E-state index is 9.61. The number of piperidine rings is 1. The smallest absolute Gasteiger partial charge is 0.128 e. The molecule has 21 heavy (non-hydrogen) atoms. The van der Waals surface area contributed by atoms with Crippen molar-refractivity contribution >= 4 is 11.5 Å². The lowest BCUT2D eigenvalue weighted by Crippen LogP contribution is -2.32. The zero-order chi connectivity index (χ0) is 15.1. The number of nitrogens with zero attached hydrogens (tertiary/aromatic N) is 2. The number of anilines is 2. The van der Waals surface area contributed by atoms with Gasteiger partial charge in [-0.15, -0.1) is 0 Å². The highest BCUT2D eigenvalue weighted by molar-refractivity contribution is 5.48. The molecule has 2 rings (SSSR count). The van der Waals surface area contributed by atoms with Gasteiger partial charge in [-0.2, -0.15) is 0 Å². The summed E-state index contributed by atoms with van der Waals surface area (Å²) in [7, 11) is 0. The van der Waals surface area contributed by atoms with E-state index in [0.29, 0.717) is 0 Å². The predicted molar refractivity (Wildman–Crippen MR) is 88.9 cm³/mol. The van der Waals surface area contributed by atoms with E-state index in [1.165, 1.54) is 19.3 Å². The van der Waals surface area contributed by atoms with Crippen LogP contribution >= 0.6 is 0 Å². The van der Waals surface area contributed by atoms with Gasteiger partial charge in [0.15, 0.2) is 0 Å². The lowest BCUT2D eigenvalue weighted by atomic mass is 9.83. The van der Waals surface area contributed by atoms with Crippen molar-refractivity contribution in [3.8, 4) is 0 Å². The number of nitrogens with one attached hydrogen (secondary N) is 1. The quantitative estimate of drug-likeness (QED) is 0.809. The third-order valence-electron chi connectivity index (χ3n) is 4.93. The van der Waals surface area contributed by atoms with Crippen LogP contribution in [0.3, 0.4) is 0 Å². The Labute approximate surface area is 128 Å². The highest BCUT2D eigenvalue weighted by Crippen LogP contribution is 2.26. The van der Waals surface area contributed by atoms with E-state index in [9.17, 15) is 5.11 Å². The molecule has 0 saturated carbocycles. The monoisotopic (exact) mass is 291 g/mol. The molecular formula is C17H29N3O. The summed E-state index contributed by atoms with van der Waals surface area (Å²) in [5.41, 5.74) is 1.02. The van der Waals surface area contributed by atoms with Crippen LogP contribution in [-0.4, -0.2) is 36.3 Å². The lowest BCUT2D eigenvalue weighted by molar-refractivity contribution is 0.127. The van der Waals surface area contributed by atoms with Crippen LogP contribution in [-0.2, 0) is 0 Å². The molecule has 4 nitrogen and oxygen atoms in total. The molecule has 0 aromatic carbocycles. The summed E-state index contributed by atoms with van der Waals surface area (Å²) < 4.78 is 0. The van der Waals surface area contributed by atoms with Gasteiger partial charge < -0.3 is 15.3 Å². The average Bonchev–Trinajstić information content (AvgIpc) is 2.58. The van der Waals surface area contributed by atoms with Crippen molar-refractivity contribution in [3.05, 3.63) is 18.3 Å². The number of aromatic nitrogens is 1. The molecule has 1 fully saturated rings. The van der Waals surface area contributed by atoms with E-state index in [2.05, 4.69) is 41.2 Å². The minimum Gasteiger partial charge on any atom is -0.396 e. The first-order chi connectivity index (χ1) is 10.2. The van der Waals surface area contributed by atoms with Gasteiger partial charge in [0.25, 0.3) is 0 Å². The minimum atomic E-state index is -0.0223. The van der Waals surface area contributed by atoms with E-state index in [4.69, 9.17) is 0 Å². The fourth-order valence-electron chi connectivity index (χ4n) is 2.87. The normalized spacial score (nSPS) is 16.0. The van der Waals surface area contributed by atoms with Gasteiger partial charge in [0.2, 0.25) is 0 Å². The Morgan fingerprint density at radius 2 is 1.90 bits per heavy atom.